The van der Waals surface area contributed by atoms with Gasteiger partial charge in [0.1, 0.15) is 11.4 Å². The van der Waals surface area contributed by atoms with Crippen molar-refractivity contribution in [3.63, 3.8) is 0 Å². The lowest BCUT2D eigenvalue weighted by molar-refractivity contribution is -0.141. The van der Waals surface area contributed by atoms with Crippen LogP contribution in [0.5, 0.6) is 5.75 Å². The Morgan fingerprint density at radius 1 is 1.16 bits per heavy atom. The number of methoxy groups -OCH3 is 1. The number of carbonyl (C=O) groups excluding carboxylic acids is 1. The van der Waals surface area contributed by atoms with Crippen LogP contribution >= 0.6 is 0 Å². The van der Waals surface area contributed by atoms with Crippen LogP contribution in [0.4, 0.5) is 13.2 Å². The summed E-state index contributed by atoms with van der Waals surface area (Å²) in [6.45, 7) is 3.95. The fourth-order valence-electron chi connectivity index (χ4n) is 4.79. The van der Waals surface area contributed by atoms with Gasteiger partial charge in [0, 0.05) is 37.9 Å². The number of piperazine rings is 1. The second-order valence-electron chi connectivity index (χ2n) is 8.24. The number of rotatable bonds is 3. The monoisotopic (exact) mass is 433 g/mol. The molecule has 0 bridgehead atoms. The molecule has 2 aliphatic heterocycles. The van der Waals surface area contributed by atoms with E-state index in [-0.39, 0.29) is 17.5 Å². The maximum atomic E-state index is 12.9. The van der Waals surface area contributed by atoms with Gasteiger partial charge in [0.2, 0.25) is 0 Å². The number of hydrogen-bond acceptors (Lipinski definition) is 4. The van der Waals surface area contributed by atoms with Crippen molar-refractivity contribution >= 4 is 5.91 Å². The first-order chi connectivity index (χ1) is 14.8. The van der Waals surface area contributed by atoms with Crippen LogP contribution in [-0.4, -0.2) is 53.5 Å². The summed E-state index contributed by atoms with van der Waals surface area (Å²) in [6, 6.07) is 8.79. The SMILES string of the molecule is COc1ccc(C2CCCC3CN(C(=O)c4ccc(C(F)(F)F)nc4)CCN32)c(C)c1. The molecule has 166 valence electrons. The topological polar surface area (TPSA) is 45.7 Å². The van der Waals surface area contributed by atoms with Gasteiger partial charge in [0.05, 0.1) is 12.7 Å². The number of nitrogens with zero attached hydrogens (tertiary/aromatic N) is 3. The van der Waals surface area contributed by atoms with Crippen LogP contribution in [-0.2, 0) is 6.18 Å². The number of fused-ring (bicyclic) bond motifs is 1. The smallest absolute Gasteiger partial charge is 0.433 e. The Morgan fingerprint density at radius 3 is 2.61 bits per heavy atom. The van der Waals surface area contributed by atoms with Gasteiger partial charge in [-0.15, -0.1) is 0 Å². The quantitative estimate of drug-likeness (QED) is 0.717. The number of ether oxygens (including phenoxy) is 1. The zero-order chi connectivity index (χ0) is 22.2. The van der Waals surface area contributed by atoms with Gasteiger partial charge in [-0.25, -0.2) is 0 Å². The number of benzene rings is 1. The van der Waals surface area contributed by atoms with Crippen LogP contribution in [0.25, 0.3) is 0 Å². The fraction of sp³-hybridized carbons (Fsp3) is 0.478. The van der Waals surface area contributed by atoms with E-state index in [1.165, 1.54) is 17.2 Å². The van der Waals surface area contributed by atoms with Crippen molar-refractivity contribution in [1.82, 2.24) is 14.8 Å². The van der Waals surface area contributed by atoms with Gasteiger partial charge in [-0.05, 0) is 61.6 Å². The van der Waals surface area contributed by atoms with Crippen LogP contribution < -0.4 is 4.74 Å². The van der Waals surface area contributed by atoms with E-state index in [1.54, 1.807) is 12.0 Å². The Balaban J connectivity index is 1.47. The van der Waals surface area contributed by atoms with E-state index in [0.29, 0.717) is 19.1 Å². The Bertz CT molecular complexity index is 946. The average Bonchev–Trinajstić information content (AvgIpc) is 2.77. The molecule has 1 aromatic heterocycles. The Labute approximate surface area is 179 Å². The van der Waals surface area contributed by atoms with Crippen LogP contribution in [0.15, 0.2) is 36.5 Å². The minimum Gasteiger partial charge on any atom is -0.497 e. The van der Waals surface area contributed by atoms with Gasteiger partial charge in [0.15, 0.2) is 0 Å². The zero-order valence-electron chi connectivity index (χ0n) is 17.7. The molecule has 0 aliphatic carbocycles. The largest absolute Gasteiger partial charge is 0.497 e. The molecule has 0 saturated carbocycles. The highest BCUT2D eigenvalue weighted by Crippen LogP contribution is 2.38. The molecule has 2 saturated heterocycles. The molecule has 2 fully saturated rings. The predicted molar refractivity (Wildman–Crippen MR) is 110 cm³/mol. The van der Waals surface area contributed by atoms with E-state index in [0.717, 1.165) is 43.8 Å². The lowest BCUT2D eigenvalue weighted by atomic mass is 9.87. The molecular formula is C23H26F3N3O2. The third-order valence-corrected chi connectivity index (χ3v) is 6.37. The van der Waals surface area contributed by atoms with Crippen molar-refractivity contribution in [2.24, 2.45) is 0 Å². The van der Waals surface area contributed by atoms with Crippen LogP contribution in [0.2, 0.25) is 0 Å². The third-order valence-electron chi connectivity index (χ3n) is 6.37. The lowest BCUT2D eigenvalue weighted by Crippen LogP contribution is -2.57. The van der Waals surface area contributed by atoms with Crippen molar-refractivity contribution in [3.05, 3.63) is 58.9 Å². The highest BCUT2D eigenvalue weighted by Gasteiger charge is 2.38. The summed E-state index contributed by atoms with van der Waals surface area (Å²) in [6.07, 6.45) is -0.339. The van der Waals surface area contributed by atoms with Crippen molar-refractivity contribution in [3.8, 4) is 5.75 Å². The molecule has 0 radical (unpaired) electrons. The Hall–Kier alpha value is -2.61. The number of piperidine rings is 1. The standard InChI is InChI=1S/C23H26F3N3O2/c1-15-12-18(31-2)7-8-19(15)20-5-3-4-17-14-28(10-11-29(17)20)22(30)16-6-9-21(27-13-16)23(24,25)26/h6-9,12-13,17,20H,3-5,10-11,14H2,1-2H3. The molecular weight excluding hydrogens is 407 g/mol. The van der Waals surface area contributed by atoms with Gasteiger partial charge in [-0.3, -0.25) is 14.7 Å². The second kappa shape index (κ2) is 8.49. The number of amides is 1. The van der Waals surface area contributed by atoms with Gasteiger partial charge < -0.3 is 9.64 Å². The maximum absolute atomic E-state index is 12.9. The number of aryl methyl sites for hydroxylation is 1. The first-order valence-electron chi connectivity index (χ1n) is 10.5. The minimum absolute atomic E-state index is 0.194. The molecule has 3 heterocycles. The summed E-state index contributed by atoms with van der Waals surface area (Å²) in [7, 11) is 1.66. The van der Waals surface area contributed by atoms with E-state index < -0.39 is 11.9 Å². The van der Waals surface area contributed by atoms with E-state index in [9.17, 15) is 18.0 Å². The number of alkyl halides is 3. The summed E-state index contributed by atoms with van der Waals surface area (Å²) in [5, 5.41) is 0. The summed E-state index contributed by atoms with van der Waals surface area (Å²) >= 11 is 0. The fourth-order valence-corrected chi connectivity index (χ4v) is 4.79. The van der Waals surface area contributed by atoms with Gasteiger partial charge in [-0.2, -0.15) is 13.2 Å². The van der Waals surface area contributed by atoms with Crippen molar-refractivity contribution in [2.45, 2.75) is 44.4 Å². The molecule has 2 aliphatic rings. The second-order valence-corrected chi connectivity index (χ2v) is 8.24. The number of carbonyl (C=O) groups is 1. The first-order valence-corrected chi connectivity index (χ1v) is 10.5. The van der Waals surface area contributed by atoms with Crippen molar-refractivity contribution in [2.75, 3.05) is 26.7 Å². The molecule has 0 spiro atoms. The van der Waals surface area contributed by atoms with Crippen LogP contribution in [0.1, 0.15) is 52.5 Å². The number of halogens is 3. The van der Waals surface area contributed by atoms with Crippen LogP contribution in [0, 0.1) is 6.92 Å². The molecule has 4 rings (SSSR count). The lowest BCUT2D eigenvalue weighted by Gasteiger charge is -2.48. The molecule has 31 heavy (non-hydrogen) atoms. The number of aromatic nitrogens is 1. The maximum Gasteiger partial charge on any atom is 0.433 e. The molecule has 2 aromatic rings. The van der Waals surface area contributed by atoms with E-state index in [1.807, 2.05) is 6.07 Å². The highest BCUT2D eigenvalue weighted by atomic mass is 19.4. The van der Waals surface area contributed by atoms with Crippen molar-refractivity contribution < 1.29 is 22.7 Å². The van der Waals surface area contributed by atoms with Crippen LogP contribution in [0.3, 0.4) is 0 Å². The average molecular weight is 433 g/mol. The Kier molecular flexibility index (Phi) is 5.92. The number of hydrogen-bond donors (Lipinski definition) is 0. The zero-order valence-corrected chi connectivity index (χ0v) is 17.7. The molecule has 2 atom stereocenters. The summed E-state index contributed by atoms with van der Waals surface area (Å²) in [5.74, 6) is 0.581. The summed E-state index contributed by atoms with van der Waals surface area (Å²) in [5.41, 5.74) is 1.69. The summed E-state index contributed by atoms with van der Waals surface area (Å²) < 4.78 is 43.5. The van der Waals surface area contributed by atoms with E-state index in [4.69, 9.17) is 4.74 Å². The third kappa shape index (κ3) is 4.39. The van der Waals surface area contributed by atoms with Gasteiger partial charge >= 0.3 is 6.18 Å². The Morgan fingerprint density at radius 2 is 1.97 bits per heavy atom. The normalized spacial score (nSPS) is 22.2. The molecule has 1 amide bonds. The predicted octanol–water partition coefficient (Wildman–Crippen LogP) is 4.47. The number of pyridine rings is 1. The van der Waals surface area contributed by atoms with Crippen molar-refractivity contribution in [1.29, 1.82) is 0 Å². The van der Waals surface area contributed by atoms with Gasteiger partial charge in [-0.1, -0.05) is 6.07 Å². The highest BCUT2D eigenvalue weighted by molar-refractivity contribution is 5.94. The van der Waals surface area contributed by atoms with E-state index >= 15 is 0 Å². The first kappa shape index (κ1) is 21.6. The molecule has 8 heteroatoms. The molecule has 2 unspecified atom stereocenters. The molecule has 0 N–H and O–H groups in total. The molecule has 5 nitrogen and oxygen atoms in total. The minimum atomic E-state index is -4.51. The van der Waals surface area contributed by atoms with E-state index in [2.05, 4.69) is 28.9 Å². The summed E-state index contributed by atoms with van der Waals surface area (Å²) in [4.78, 5) is 20.5. The molecule has 1 aromatic carbocycles. The van der Waals surface area contributed by atoms with Gasteiger partial charge in [0.25, 0.3) is 5.91 Å².